The molecule has 0 saturated heterocycles. The second-order valence-electron chi connectivity index (χ2n) is 9.75. The fraction of sp³-hybridized carbons (Fsp3) is 0.0909. The Kier molecular flexibility index (Phi) is 7.09. The van der Waals surface area contributed by atoms with Gasteiger partial charge < -0.3 is 10.1 Å². The van der Waals surface area contributed by atoms with E-state index in [4.69, 9.17) is 14.7 Å². The number of benzene rings is 5. The molecule has 2 N–H and O–H groups in total. The van der Waals surface area contributed by atoms with Gasteiger partial charge in [0.2, 0.25) is 5.88 Å². The lowest BCUT2D eigenvalue weighted by atomic mass is 10.0. The van der Waals surface area contributed by atoms with Crippen LogP contribution in [0.5, 0.6) is 11.6 Å². The molecule has 0 aliphatic rings. The van der Waals surface area contributed by atoms with Crippen LogP contribution in [0, 0.1) is 0 Å². The van der Waals surface area contributed by atoms with Crippen LogP contribution in [0.3, 0.4) is 0 Å². The molecular weight excluding hydrogens is 534 g/mol. The number of nitrogens with one attached hydrogen (secondary N) is 1. The molecule has 6 rings (SSSR count). The number of nitrogens with zero attached hydrogens (tertiary/aromatic N) is 2. The monoisotopic (exact) mass is 561 g/mol. The van der Waals surface area contributed by atoms with E-state index in [1.165, 1.54) is 6.07 Å². The molecule has 0 bridgehead atoms. The predicted octanol–water partition coefficient (Wildman–Crippen LogP) is 7.72. The van der Waals surface area contributed by atoms with Gasteiger partial charge in [-0.1, -0.05) is 85.8 Å². The van der Waals surface area contributed by atoms with Crippen LogP contribution in [0.4, 0.5) is 11.5 Å². The molecule has 8 heteroatoms. The SMILES string of the molecule is CCc1ccc(Nc2cc(Oc3ccc4ccccc4c3)nc(Cc3ccc4ccccc4c3)n2)cc1S(=O)(=O)O. The predicted molar refractivity (Wildman–Crippen MR) is 162 cm³/mol. The van der Waals surface area contributed by atoms with Gasteiger partial charge in [0, 0.05) is 18.2 Å². The molecule has 0 aliphatic heterocycles. The van der Waals surface area contributed by atoms with E-state index in [1.54, 1.807) is 18.2 Å². The quantitative estimate of drug-likeness (QED) is 0.183. The highest BCUT2D eigenvalue weighted by Gasteiger charge is 2.16. The van der Waals surface area contributed by atoms with Gasteiger partial charge in [-0.15, -0.1) is 0 Å². The molecule has 0 spiro atoms. The number of hydrogen-bond donors (Lipinski definition) is 2. The van der Waals surface area contributed by atoms with Crippen LogP contribution in [0.15, 0.2) is 114 Å². The third-order valence-corrected chi connectivity index (χ3v) is 7.80. The highest BCUT2D eigenvalue weighted by Crippen LogP contribution is 2.29. The summed E-state index contributed by atoms with van der Waals surface area (Å²) < 4.78 is 40.0. The topological polar surface area (TPSA) is 101 Å². The third kappa shape index (κ3) is 6.04. The molecule has 1 heterocycles. The van der Waals surface area contributed by atoms with Crippen LogP contribution < -0.4 is 10.1 Å². The number of ether oxygens (including phenoxy) is 1. The minimum Gasteiger partial charge on any atom is -0.439 e. The van der Waals surface area contributed by atoms with E-state index in [0.29, 0.717) is 47.4 Å². The summed E-state index contributed by atoms with van der Waals surface area (Å²) in [6.07, 6.45) is 0.919. The average molecular weight is 562 g/mol. The van der Waals surface area contributed by atoms with Gasteiger partial charge in [-0.05, 0) is 63.4 Å². The minimum absolute atomic E-state index is 0.136. The maximum Gasteiger partial charge on any atom is 0.294 e. The lowest BCUT2D eigenvalue weighted by Gasteiger charge is -2.13. The van der Waals surface area contributed by atoms with Gasteiger partial charge in [-0.25, -0.2) is 4.98 Å². The summed E-state index contributed by atoms with van der Waals surface area (Å²) in [5.74, 6) is 1.93. The van der Waals surface area contributed by atoms with E-state index < -0.39 is 10.1 Å². The van der Waals surface area contributed by atoms with Gasteiger partial charge in [-0.2, -0.15) is 13.4 Å². The zero-order valence-electron chi connectivity index (χ0n) is 22.3. The molecule has 0 aliphatic carbocycles. The molecular formula is C33H27N3O4S. The Morgan fingerprint density at radius 2 is 1.44 bits per heavy atom. The van der Waals surface area contributed by atoms with Gasteiger partial charge in [0.1, 0.15) is 17.4 Å². The second kappa shape index (κ2) is 11.0. The first-order valence-electron chi connectivity index (χ1n) is 13.2. The molecule has 204 valence electrons. The Morgan fingerprint density at radius 3 is 2.15 bits per heavy atom. The number of hydrogen-bond acceptors (Lipinski definition) is 6. The van der Waals surface area contributed by atoms with Crippen LogP contribution in [-0.4, -0.2) is 22.9 Å². The molecule has 0 radical (unpaired) electrons. The highest BCUT2D eigenvalue weighted by molar-refractivity contribution is 7.85. The maximum absolute atomic E-state index is 12.0. The van der Waals surface area contributed by atoms with Crippen molar-refractivity contribution in [3.05, 3.63) is 126 Å². The zero-order valence-corrected chi connectivity index (χ0v) is 23.1. The van der Waals surface area contributed by atoms with E-state index in [2.05, 4.69) is 35.6 Å². The summed E-state index contributed by atoms with van der Waals surface area (Å²) in [5.41, 5.74) is 2.03. The summed E-state index contributed by atoms with van der Waals surface area (Å²) >= 11 is 0. The third-order valence-electron chi connectivity index (χ3n) is 6.87. The maximum atomic E-state index is 12.0. The van der Waals surface area contributed by atoms with E-state index in [1.807, 2.05) is 61.5 Å². The number of fused-ring (bicyclic) bond motifs is 2. The van der Waals surface area contributed by atoms with Gasteiger partial charge >= 0.3 is 0 Å². The minimum atomic E-state index is -4.39. The molecule has 1 aromatic heterocycles. The smallest absolute Gasteiger partial charge is 0.294 e. The van der Waals surface area contributed by atoms with Crippen molar-refractivity contribution >= 4 is 43.2 Å². The Labute approximate surface area is 238 Å². The number of rotatable bonds is 8. The Bertz CT molecular complexity index is 1910. The van der Waals surface area contributed by atoms with Crippen molar-refractivity contribution in [1.82, 2.24) is 9.97 Å². The van der Waals surface area contributed by atoms with E-state index in [9.17, 15) is 13.0 Å². The number of aryl methyl sites for hydroxylation is 1. The van der Waals surface area contributed by atoms with Gasteiger partial charge in [0.25, 0.3) is 10.1 Å². The van der Waals surface area contributed by atoms with E-state index in [0.717, 1.165) is 27.1 Å². The van der Waals surface area contributed by atoms with Crippen molar-refractivity contribution in [2.75, 3.05) is 5.32 Å². The standard InChI is InChI=1S/C33H27N3O4S/c1-2-23-13-15-28(20-30(23)41(37,38)39)34-32-21-33(40-29-16-14-25-8-4-6-10-27(25)19-29)36-31(35-32)18-22-11-12-24-7-3-5-9-26(24)17-22/h3-17,19-21H,2,18H2,1H3,(H,34,35,36)(H,37,38,39). The van der Waals surface area contributed by atoms with Crippen LogP contribution in [0.1, 0.15) is 23.9 Å². The molecule has 41 heavy (non-hydrogen) atoms. The fourth-order valence-corrected chi connectivity index (χ4v) is 5.68. The van der Waals surface area contributed by atoms with Crippen molar-refractivity contribution in [2.45, 2.75) is 24.7 Å². The van der Waals surface area contributed by atoms with E-state index in [-0.39, 0.29) is 4.90 Å². The number of anilines is 2. The Hall–Kier alpha value is -4.79. The highest BCUT2D eigenvalue weighted by atomic mass is 32.2. The van der Waals surface area contributed by atoms with Crippen molar-refractivity contribution in [3.63, 3.8) is 0 Å². The van der Waals surface area contributed by atoms with Crippen molar-refractivity contribution in [2.24, 2.45) is 0 Å². The molecule has 0 fully saturated rings. The average Bonchev–Trinajstić information content (AvgIpc) is 2.96. The van der Waals surface area contributed by atoms with Crippen LogP contribution in [-0.2, 0) is 23.0 Å². The first kappa shape index (κ1) is 26.4. The summed E-state index contributed by atoms with van der Waals surface area (Å²) in [5, 5.41) is 7.60. The van der Waals surface area contributed by atoms with Crippen LogP contribution in [0.25, 0.3) is 21.5 Å². The van der Waals surface area contributed by atoms with E-state index >= 15 is 0 Å². The fourth-order valence-electron chi connectivity index (χ4n) is 4.86. The molecule has 0 unspecified atom stereocenters. The molecule has 0 amide bonds. The molecule has 6 aromatic rings. The largest absolute Gasteiger partial charge is 0.439 e. The first-order chi connectivity index (χ1) is 19.8. The first-order valence-corrected chi connectivity index (χ1v) is 14.7. The van der Waals surface area contributed by atoms with Gasteiger partial charge in [-0.3, -0.25) is 4.55 Å². The second-order valence-corrected chi connectivity index (χ2v) is 11.1. The molecule has 0 saturated carbocycles. The molecule has 7 nitrogen and oxygen atoms in total. The zero-order chi connectivity index (χ0) is 28.4. The summed E-state index contributed by atoms with van der Waals surface area (Å²) in [4.78, 5) is 9.28. The van der Waals surface area contributed by atoms with Crippen LogP contribution in [0.2, 0.25) is 0 Å². The normalized spacial score (nSPS) is 11.6. The molecule has 5 aromatic carbocycles. The Balaban J connectivity index is 1.37. The van der Waals surface area contributed by atoms with Gasteiger partial charge in [0.05, 0.1) is 4.90 Å². The summed E-state index contributed by atoms with van der Waals surface area (Å²) in [6.45, 7) is 1.83. The Morgan fingerprint density at radius 1 is 0.756 bits per heavy atom. The van der Waals surface area contributed by atoms with Crippen molar-refractivity contribution in [1.29, 1.82) is 0 Å². The van der Waals surface area contributed by atoms with Crippen molar-refractivity contribution in [3.8, 4) is 11.6 Å². The summed E-state index contributed by atoms with van der Waals surface area (Å²) in [6, 6.07) is 34.8. The van der Waals surface area contributed by atoms with Crippen LogP contribution >= 0.6 is 0 Å². The van der Waals surface area contributed by atoms with Crippen molar-refractivity contribution < 1.29 is 17.7 Å². The number of aromatic nitrogens is 2. The lowest BCUT2D eigenvalue weighted by molar-refractivity contribution is 0.460. The lowest BCUT2D eigenvalue weighted by Crippen LogP contribution is -2.06. The summed E-state index contributed by atoms with van der Waals surface area (Å²) in [7, 11) is -4.39. The molecule has 0 atom stereocenters. The van der Waals surface area contributed by atoms with Gasteiger partial charge in [0.15, 0.2) is 0 Å².